The predicted octanol–water partition coefficient (Wildman–Crippen LogP) is 0.619. The number of sulfonamides is 1. The van der Waals surface area contributed by atoms with Crippen molar-refractivity contribution >= 4 is 10.0 Å². The highest BCUT2D eigenvalue weighted by molar-refractivity contribution is 7.89. The zero-order valence-electron chi connectivity index (χ0n) is 9.31. The van der Waals surface area contributed by atoms with Crippen LogP contribution in [0.4, 0.5) is 0 Å². The molecule has 90 valence electrons. The normalized spacial score (nSPS) is 11.6. The number of aromatic nitrogens is 1. The molecule has 0 radical (unpaired) electrons. The Morgan fingerprint density at radius 1 is 1.50 bits per heavy atom. The molecule has 0 unspecified atom stereocenters. The third-order valence-corrected chi connectivity index (χ3v) is 3.69. The summed E-state index contributed by atoms with van der Waals surface area (Å²) in [4.78, 5) is 4.12. The molecular formula is C10H17N3O2S. The SMILES string of the molecule is CCCCNS(=O)(=O)c1cccnc1CN. The van der Waals surface area contributed by atoms with Gasteiger partial charge in [0.2, 0.25) is 10.0 Å². The number of nitrogens with two attached hydrogens (primary N) is 1. The van der Waals surface area contributed by atoms with E-state index in [4.69, 9.17) is 5.73 Å². The molecule has 0 spiro atoms. The van der Waals surface area contributed by atoms with E-state index in [-0.39, 0.29) is 11.4 Å². The molecule has 1 heterocycles. The number of rotatable bonds is 6. The molecule has 0 aliphatic heterocycles. The lowest BCUT2D eigenvalue weighted by molar-refractivity contribution is 0.576. The standard InChI is InChI=1S/C10H17N3O2S/c1-2-3-7-13-16(14,15)10-5-4-6-12-9(10)8-11/h4-6,13H,2-3,7-8,11H2,1H3. The summed E-state index contributed by atoms with van der Waals surface area (Å²) in [6.45, 7) is 2.56. The molecule has 1 rings (SSSR count). The topological polar surface area (TPSA) is 85.1 Å². The number of pyridine rings is 1. The van der Waals surface area contributed by atoms with Gasteiger partial charge >= 0.3 is 0 Å². The molecule has 0 saturated carbocycles. The Hall–Kier alpha value is -0.980. The fraction of sp³-hybridized carbons (Fsp3) is 0.500. The molecule has 5 nitrogen and oxygen atoms in total. The molecular weight excluding hydrogens is 226 g/mol. The number of hydrogen-bond donors (Lipinski definition) is 2. The van der Waals surface area contributed by atoms with Gasteiger partial charge in [0.1, 0.15) is 4.90 Å². The van der Waals surface area contributed by atoms with Gasteiger partial charge in [-0.3, -0.25) is 4.98 Å². The Labute approximate surface area is 96.1 Å². The van der Waals surface area contributed by atoms with E-state index in [2.05, 4.69) is 9.71 Å². The minimum Gasteiger partial charge on any atom is -0.325 e. The lowest BCUT2D eigenvalue weighted by atomic mass is 10.3. The van der Waals surface area contributed by atoms with Crippen LogP contribution in [0, 0.1) is 0 Å². The molecule has 0 aromatic carbocycles. The molecule has 1 aromatic rings. The molecule has 0 amide bonds. The zero-order chi connectivity index (χ0) is 12.0. The number of nitrogens with one attached hydrogen (secondary N) is 1. The molecule has 0 fully saturated rings. The van der Waals surface area contributed by atoms with Crippen molar-refractivity contribution in [3.8, 4) is 0 Å². The van der Waals surface area contributed by atoms with Crippen LogP contribution in [-0.4, -0.2) is 19.9 Å². The predicted molar refractivity (Wildman–Crippen MR) is 62.2 cm³/mol. The van der Waals surface area contributed by atoms with Crippen LogP contribution in [0.2, 0.25) is 0 Å². The van der Waals surface area contributed by atoms with Crippen LogP contribution < -0.4 is 10.5 Å². The molecule has 0 saturated heterocycles. The Balaban J connectivity index is 2.89. The second-order valence-electron chi connectivity index (χ2n) is 3.40. The van der Waals surface area contributed by atoms with E-state index in [9.17, 15) is 8.42 Å². The van der Waals surface area contributed by atoms with Crippen LogP contribution in [0.1, 0.15) is 25.5 Å². The fourth-order valence-electron chi connectivity index (χ4n) is 1.28. The third kappa shape index (κ3) is 3.26. The monoisotopic (exact) mass is 243 g/mol. The summed E-state index contributed by atoms with van der Waals surface area (Å²) in [6, 6.07) is 3.11. The second kappa shape index (κ2) is 5.93. The number of hydrogen-bond acceptors (Lipinski definition) is 4. The van der Waals surface area contributed by atoms with Crippen LogP contribution >= 0.6 is 0 Å². The summed E-state index contributed by atoms with van der Waals surface area (Å²) in [6.07, 6.45) is 3.30. The van der Waals surface area contributed by atoms with Gasteiger partial charge in [0, 0.05) is 19.3 Å². The molecule has 0 atom stereocenters. The van der Waals surface area contributed by atoms with Crippen LogP contribution in [0.15, 0.2) is 23.2 Å². The van der Waals surface area contributed by atoms with Gasteiger partial charge in [-0.05, 0) is 18.6 Å². The van der Waals surface area contributed by atoms with Crippen molar-refractivity contribution in [1.29, 1.82) is 0 Å². The average molecular weight is 243 g/mol. The van der Waals surface area contributed by atoms with Crippen LogP contribution in [0.3, 0.4) is 0 Å². The van der Waals surface area contributed by atoms with E-state index in [1.807, 2.05) is 6.92 Å². The first kappa shape index (κ1) is 13.1. The van der Waals surface area contributed by atoms with Gasteiger partial charge in [-0.1, -0.05) is 13.3 Å². The first-order valence-electron chi connectivity index (χ1n) is 5.25. The second-order valence-corrected chi connectivity index (χ2v) is 5.14. The quantitative estimate of drug-likeness (QED) is 0.717. The molecule has 6 heteroatoms. The minimum atomic E-state index is -3.47. The minimum absolute atomic E-state index is 0.116. The van der Waals surface area contributed by atoms with Gasteiger partial charge in [0.25, 0.3) is 0 Å². The summed E-state index contributed by atoms with van der Waals surface area (Å²) in [7, 11) is -3.47. The van der Waals surface area contributed by atoms with Gasteiger partial charge in [0.05, 0.1) is 5.69 Å². The summed E-state index contributed by atoms with van der Waals surface area (Å²) in [5.74, 6) is 0. The van der Waals surface area contributed by atoms with Gasteiger partial charge in [-0.2, -0.15) is 0 Å². The first-order valence-corrected chi connectivity index (χ1v) is 6.73. The van der Waals surface area contributed by atoms with Gasteiger partial charge < -0.3 is 5.73 Å². The Bertz CT molecular complexity index is 431. The van der Waals surface area contributed by atoms with E-state index in [0.717, 1.165) is 12.8 Å². The number of nitrogens with zero attached hydrogens (tertiary/aromatic N) is 1. The van der Waals surface area contributed by atoms with Crippen molar-refractivity contribution in [3.63, 3.8) is 0 Å². The van der Waals surface area contributed by atoms with E-state index in [0.29, 0.717) is 12.2 Å². The zero-order valence-corrected chi connectivity index (χ0v) is 10.1. The smallest absolute Gasteiger partial charge is 0.242 e. The average Bonchev–Trinajstić information content (AvgIpc) is 2.29. The number of unbranched alkanes of at least 4 members (excludes halogenated alkanes) is 1. The highest BCUT2D eigenvalue weighted by Gasteiger charge is 2.17. The van der Waals surface area contributed by atoms with Gasteiger partial charge in [-0.15, -0.1) is 0 Å². The first-order chi connectivity index (χ1) is 7.61. The molecule has 3 N–H and O–H groups in total. The lowest BCUT2D eigenvalue weighted by Crippen LogP contribution is -2.26. The Morgan fingerprint density at radius 3 is 2.88 bits per heavy atom. The molecule has 1 aromatic heterocycles. The van der Waals surface area contributed by atoms with Crippen molar-refractivity contribution in [2.75, 3.05) is 6.54 Å². The van der Waals surface area contributed by atoms with E-state index < -0.39 is 10.0 Å². The van der Waals surface area contributed by atoms with Crippen molar-refractivity contribution in [1.82, 2.24) is 9.71 Å². The Kier molecular flexibility index (Phi) is 4.85. The summed E-state index contributed by atoms with van der Waals surface area (Å²) in [5, 5.41) is 0. The van der Waals surface area contributed by atoms with Crippen LogP contribution in [0.25, 0.3) is 0 Å². The largest absolute Gasteiger partial charge is 0.325 e. The van der Waals surface area contributed by atoms with Crippen LogP contribution in [0.5, 0.6) is 0 Å². The maximum absolute atomic E-state index is 11.9. The lowest BCUT2D eigenvalue weighted by Gasteiger charge is -2.08. The maximum atomic E-state index is 11.9. The maximum Gasteiger partial charge on any atom is 0.242 e. The fourth-order valence-corrected chi connectivity index (χ4v) is 2.55. The molecule has 0 aliphatic carbocycles. The molecule has 16 heavy (non-hydrogen) atoms. The van der Waals surface area contributed by atoms with Crippen molar-refractivity contribution in [2.24, 2.45) is 5.73 Å². The molecule has 0 bridgehead atoms. The summed E-state index contributed by atoms with van der Waals surface area (Å²) in [5.41, 5.74) is 5.84. The molecule has 0 aliphatic rings. The van der Waals surface area contributed by atoms with Crippen molar-refractivity contribution in [2.45, 2.75) is 31.2 Å². The Morgan fingerprint density at radius 2 is 2.25 bits per heavy atom. The van der Waals surface area contributed by atoms with Crippen LogP contribution in [-0.2, 0) is 16.6 Å². The van der Waals surface area contributed by atoms with Gasteiger partial charge in [0.15, 0.2) is 0 Å². The van der Waals surface area contributed by atoms with E-state index >= 15 is 0 Å². The van der Waals surface area contributed by atoms with Crippen molar-refractivity contribution < 1.29 is 8.42 Å². The summed E-state index contributed by atoms with van der Waals surface area (Å²) >= 11 is 0. The van der Waals surface area contributed by atoms with Crippen molar-refractivity contribution in [3.05, 3.63) is 24.0 Å². The highest BCUT2D eigenvalue weighted by Crippen LogP contribution is 2.11. The van der Waals surface area contributed by atoms with Gasteiger partial charge in [-0.25, -0.2) is 13.1 Å². The highest BCUT2D eigenvalue weighted by atomic mass is 32.2. The summed E-state index contributed by atoms with van der Waals surface area (Å²) < 4.78 is 26.3. The van der Waals surface area contributed by atoms with E-state index in [1.54, 1.807) is 6.07 Å². The van der Waals surface area contributed by atoms with E-state index in [1.165, 1.54) is 12.3 Å². The third-order valence-electron chi connectivity index (χ3n) is 2.15.